The Morgan fingerprint density at radius 1 is 1.17 bits per heavy atom. The van der Waals surface area contributed by atoms with Gasteiger partial charge >= 0.3 is 0 Å². The van der Waals surface area contributed by atoms with E-state index in [9.17, 15) is 4.79 Å². The fourth-order valence-corrected chi connectivity index (χ4v) is 2.17. The van der Waals surface area contributed by atoms with Crippen LogP contribution in [0.4, 0.5) is 0 Å². The Balaban J connectivity index is 2.34. The SMILES string of the molecule is COCOC(=C1CCCCC1=O)c1ccccc1. The highest BCUT2D eigenvalue weighted by Crippen LogP contribution is 2.29. The molecule has 0 unspecified atom stereocenters. The lowest BCUT2D eigenvalue weighted by molar-refractivity contribution is -0.116. The molecule has 1 aliphatic carbocycles. The second-order valence-electron chi connectivity index (χ2n) is 4.35. The van der Waals surface area contributed by atoms with Crippen LogP contribution in [-0.4, -0.2) is 19.7 Å². The topological polar surface area (TPSA) is 35.5 Å². The summed E-state index contributed by atoms with van der Waals surface area (Å²) in [5.41, 5.74) is 1.75. The number of benzene rings is 1. The van der Waals surface area contributed by atoms with Crippen LogP contribution in [0, 0.1) is 0 Å². The summed E-state index contributed by atoms with van der Waals surface area (Å²) < 4.78 is 10.6. The van der Waals surface area contributed by atoms with E-state index in [2.05, 4.69) is 0 Å². The number of hydrogen-bond acceptors (Lipinski definition) is 3. The Hall–Kier alpha value is -1.61. The summed E-state index contributed by atoms with van der Waals surface area (Å²) in [4.78, 5) is 12.0. The minimum absolute atomic E-state index is 0.168. The van der Waals surface area contributed by atoms with E-state index < -0.39 is 0 Å². The van der Waals surface area contributed by atoms with Crippen LogP contribution in [0.1, 0.15) is 31.2 Å². The zero-order valence-electron chi connectivity index (χ0n) is 10.6. The van der Waals surface area contributed by atoms with Crippen molar-refractivity contribution in [3.63, 3.8) is 0 Å². The van der Waals surface area contributed by atoms with E-state index in [-0.39, 0.29) is 12.6 Å². The first-order valence-corrected chi connectivity index (χ1v) is 6.26. The molecule has 96 valence electrons. The number of methoxy groups -OCH3 is 1. The van der Waals surface area contributed by atoms with E-state index in [0.717, 1.165) is 30.4 Å². The van der Waals surface area contributed by atoms with Crippen LogP contribution in [-0.2, 0) is 14.3 Å². The summed E-state index contributed by atoms with van der Waals surface area (Å²) in [6, 6.07) is 9.75. The normalized spacial score (nSPS) is 18.6. The predicted octanol–water partition coefficient (Wildman–Crippen LogP) is 3.16. The first-order chi connectivity index (χ1) is 8.83. The van der Waals surface area contributed by atoms with Gasteiger partial charge in [0.15, 0.2) is 12.6 Å². The molecule has 0 N–H and O–H groups in total. The lowest BCUT2D eigenvalue weighted by Gasteiger charge is -2.18. The van der Waals surface area contributed by atoms with Crippen LogP contribution in [0.2, 0.25) is 0 Å². The van der Waals surface area contributed by atoms with Gasteiger partial charge in [-0.05, 0) is 19.3 Å². The van der Waals surface area contributed by atoms with E-state index in [1.165, 1.54) is 0 Å². The second-order valence-corrected chi connectivity index (χ2v) is 4.35. The van der Waals surface area contributed by atoms with Crippen molar-refractivity contribution in [3.8, 4) is 0 Å². The van der Waals surface area contributed by atoms with Gasteiger partial charge in [-0.15, -0.1) is 0 Å². The Morgan fingerprint density at radius 2 is 1.89 bits per heavy atom. The number of carbonyl (C=O) groups is 1. The van der Waals surface area contributed by atoms with Crippen LogP contribution in [0.5, 0.6) is 0 Å². The predicted molar refractivity (Wildman–Crippen MR) is 69.8 cm³/mol. The summed E-state index contributed by atoms with van der Waals surface area (Å²) in [6.07, 6.45) is 3.46. The highest BCUT2D eigenvalue weighted by molar-refractivity contribution is 6.02. The monoisotopic (exact) mass is 246 g/mol. The number of allylic oxidation sites excluding steroid dienone is 1. The fraction of sp³-hybridized carbons (Fsp3) is 0.400. The number of rotatable bonds is 4. The van der Waals surface area contributed by atoms with Crippen LogP contribution < -0.4 is 0 Å². The number of hydrogen-bond donors (Lipinski definition) is 0. The van der Waals surface area contributed by atoms with Crippen LogP contribution in [0.25, 0.3) is 5.76 Å². The Morgan fingerprint density at radius 3 is 2.56 bits per heavy atom. The average Bonchev–Trinajstić information content (AvgIpc) is 2.42. The molecule has 1 saturated carbocycles. The van der Waals surface area contributed by atoms with Gasteiger partial charge in [0.2, 0.25) is 0 Å². The van der Waals surface area contributed by atoms with Crippen molar-refractivity contribution in [1.29, 1.82) is 0 Å². The molecule has 0 heterocycles. The standard InChI is InChI=1S/C15H18O3/c1-17-11-18-15(12-7-3-2-4-8-12)13-9-5-6-10-14(13)16/h2-4,7-8H,5-6,9-11H2,1H3. The molecule has 1 aliphatic rings. The van der Waals surface area contributed by atoms with Crippen LogP contribution in [0.15, 0.2) is 35.9 Å². The molecule has 0 amide bonds. The molecule has 0 aromatic heterocycles. The van der Waals surface area contributed by atoms with Gasteiger partial charge in [-0.25, -0.2) is 0 Å². The third kappa shape index (κ3) is 2.99. The van der Waals surface area contributed by atoms with Gasteiger partial charge in [-0.2, -0.15) is 0 Å². The maximum Gasteiger partial charge on any atom is 0.188 e. The molecular formula is C15H18O3. The first kappa shape index (κ1) is 12.8. The highest BCUT2D eigenvalue weighted by Gasteiger charge is 2.21. The van der Waals surface area contributed by atoms with Crippen LogP contribution >= 0.6 is 0 Å². The van der Waals surface area contributed by atoms with Gasteiger partial charge < -0.3 is 9.47 Å². The van der Waals surface area contributed by atoms with Crippen molar-refractivity contribution < 1.29 is 14.3 Å². The summed E-state index contributed by atoms with van der Waals surface area (Å²) in [5, 5.41) is 0. The third-order valence-electron chi connectivity index (χ3n) is 3.05. The summed E-state index contributed by atoms with van der Waals surface area (Å²) in [5.74, 6) is 0.887. The lowest BCUT2D eigenvalue weighted by atomic mass is 9.91. The van der Waals surface area contributed by atoms with E-state index in [1.807, 2.05) is 30.3 Å². The van der Waals surface area contributed by atoms with Gasteiger partial charge in [0.1, 0.15) is 5.76 Å². The smallest absolute Gasteiger partial charge is 0.188 e. The molecule has 0 radical (unpaired) electrons. The number of ether oxygens (including phenoxy) is 2. The number of carbonyl (C=O) groups excluding carboxylic acids is 1. The molecule has 2 rings (SSSR count). The molecular weight excluding hydrogens is 228 g/mol. The molecule has 18 heavy (non-hydrogen) atoms. The van der Waals surface area contributed by atoms with Crippen LogP contribution in [0.3, 0.4) is 0 Å². The molecule has 0 saturated heterocycles. The minimum Gasteiger partial charge on any atom is -0.467 e. The fourth-order valence-electron chi connectivity index (χ4n) is 2.17. The highest BCUT2D eigenvalue weighted by atomic mass is 16.7. The van der Waals surface area contributed by atoms with Crippen molar-refractivity contribution in [2.24, 2.45) is 0 Å². The van der Waals surface area contributed by atoms with Crippen molar-refractivity contribution >= 4 is 11.5 Å². The largest absolute Gasteiger partial charge is 0.467 e. The van der Waals surface area contributed by atoms with Gasteiger partial charge in [0, 0.05) is 24.7 Å². The van der Waals surface area contributed by atoms with Crippen molar-refractivity contribution in [3.05, 3.63) is 41.5 Å². The molecule has 0 bridgehead atoms. The summed E-state index contributed by atoms with van der Waals surface area (Å²) in [6.45, 7) is 0.168. The van der Waals surface area contributed by atoms with Gasteiger partial charge in [-0.3, -0.25) is 4.79 Å². The van der Waals surface area contributed by atoms with E-state index in [0.29, 0.717) is 12.2 Å². The molecule has 1 aromatic carbocycles. The van der Waals surface area contributed by atoms with Gasteiger partial charge in [0.25, 0.3) is 0 Å². The van der Waals surface area contributed by atoms with E-state index in [1.54, 1.807) is 7.11 Å². The average molecular weight is 246 g/mol. The van der Waals surface area contributed by atoms with Crippen molar-refractivity contribution in [2.75, 3.05) is 13.9 Å². The second kappa shape index (κ2) is 6.36. The van der Waals surface area contributed by atoms with E-state index in [4.69, 9.17) is 9.47 Å². The maximum atomic E-state index is 12.0. The van der Waals surface area contributed by atoms with E-state index >= 15 is 0 Å². The van der Waals surface area contributed by atoms with Crippen molar-refractivity contribution in [1.82, 2.24) is 0 Å². The number of Topliss-reactive ketones (excluding diaryl/α,β-unsaturated/α-hetero) is 1. The maximum absolute atomic E-state index is 12.0. The minimum atomic E-state index is 0.168. The molecule has 0 aliphatic heterocycles. The Kier molecular flexibility index (Phi) is 4.53. The Labute approximate surface area is 107 Å². The third-order valence-corrected chi connectivity index (χ3v) is 3.05. The quantitative estimate of drug-likeness (QED) is 0.465. The molecule has 0 atom stereocenters. The summed E-state index contributed by atoms with van der Waals surface area (Å²) >= 11 is 0. The molecule has 1 aromatic rings. The lowest BCUT2D eigenvalue weighted by Crippen LogP contribution is -2.12. The van der Waals surface area contributed by atoms with Gasteiger partial charge in [-0.1, -0.05) is 30.3 Å². The zero-order chi connectivity index (χ0) is 12.8. The summed E-state index contributed by atoms with van der Waals surface area (Å²) in [7, 11) is 1.58. The Bertz CT molecular complexity index is 434. The molecule has 0 spiro atoms. The molecule has 3 heteroatoms. The molecule has 1 fully saturated rings. The first-order valence-electron chi connectivity index (χ1n) is 6.26. The molecule has 3 nitrogen and oxygen atoms in total. The van der Waals surface area contributed by atoms with Crippen molar-refractivity contribution in [2.45, 2.75) is 25.7 Å². The number of ketones is 1. The zero-order valence-corrected chi connectivity index (χ0v) is 10.6. The van der Waals surface area contributed by atoms with Gasteiger partial charge in [0.05, 0.1) is 0 Å².